The van der Waals surface area contributed by atoms with Gasteiger partial charge in [0.1, 0.15) is 17.3 Å². The van der Waals surface area contributed by atoms with Crippen molar-refractivity contribution < 1.29 is 24.2 Å². The number of benzene rings is 3. The molecular formula is C31H31N3O5. The number of fused-ring (bicyclic) bond motifs is 1. The number of aryl methyl sites for hydroxylation is 3. The minimum absolute atomic E-state index is 0.0122. The predicted octanol–water partition coefficient (Wildman–Crippen LogP) is 5.91. The zero-order valence-electron chi connectivity index (χ0n) is 22.8. The van der Waals surface area contributed by atoms with Gasteiger partial charge in [-0.05, 0) is 93.3 Å². The molecule has 200 valence electrons. The van der Waals surface area contributed by atoms with E-state index in [0.29, 0.717) is 33.7 Å². The molecule has 0 aliphatic carbocycles. The van der Waals surface area contributed by atoms with Crippen molar-refractivity contribution in [1.82, 2.24) is 9.97 Å². The average Bonchev–Trinajstić information content (AvgIpc) is 3.42. The first kappa shape index (κ1) is 26.0. The molecule has 8 nitrogen and oxygen atoms in total. The highest BCUT2D eigenvalue weighted by molar-refractivity contribution is 6.51. The van der Waals surface area contributed by atoms with Crippen LogP contribution in [0.5, 0.6) is 11.5 Å². The summed E-state index contributed by atoms with van der Waals surface area (Å²) in [5.74, 6) is -0.261. The third kappa shape index (κ3) is 4.63. The zero-order valence-corrected chi connectivity index (χ0v) is 22.8. The zero-order chi connectivity index (χ0) is 28.0. The Morgan fingerprint density at radius 3 is 2.38 bits per heavy atom. The number of nitrogens with one attached hydrogen (secondary N) is 1. The van der Waals surface area contributed by atoms with Crippen molar-refractivity contribution >= 4 is 34.4 Å². The Kier molecular flexibility index (Phi) is 6.64. The fourth-order valence-corrected chi connectivity index (χ4v) is 5.00. The monoisotopic (exact) mass is 525 g/mol. The lowest BCUT2D eigenvalue weighted by atomic mass is 9.93. The van der Waals surface area contributed by atoms with E-state index in [-0.39, 0.29) is 23.4 Å². The van der Waals surface area contributed by atoms with Crippen LogP contribution in [0.15, 0.2) is 60.2 Å². The van der Waals surface area contributed by atoms with Crippen molar-refractivity contribution in [3.63, 3.8) is 0 Å². The van der Waals surface area contributed by atoms with E-state index in [1.165, 1.54) is 4.90 Å². The molecule has 1 atom stereocenters. The van der Waals surface area contributed by atoms with E-state index < -0.39 is 17.7 Å². The number of imidazole rings is 1. The van der Waals surface area contributed by atoms with Crippen LogP contribution in [0.4, 0.5) is 5.95 Å². The van der Waals surface area contributed by atoms with Gasteiger partial charge >= 0.3 is 5.91 Å². The van der Waals surface area contributed by atoms with Gasteiger partial charge in [0, 0.05) is 5.56 Å². The SMILES string of the molecule is COc1cc(C)c(/C(O)=C2\C(=O)C(=O)N(c3nc4ccc(C)cc4[nH]3)C2c2ccc(OC(C)C)cc2)cc1C. The number of hydrogen-bond donors (Lipinski definition) is 2. The molecule has 0 radical (unpaired) electrons. The molecule has 1 amide bonds. The number of H-pyrrole nitrogens is 1. The van der Waals surface area contributed by atoms with Crippen LogP contribution < -0.4 is 14.4 Å². The molecule has 0 saturated carbocycles. The highest BCUT2D eigenvalue weighted by Crippen LogP contribution is 2.43. The molecule has 1 unspecified atom stereocenters. The summed E-state index contributed by atoms with van der Waals surface area (Å²) in [7, 11) is 1.58. The van der Waals surface area contributed by atoms with E-state index >= 15 is 0 Å². The fraction of sp³-hybridized carbons (Fsp3) is 0.258. The largest absolute Gasteiger partial charge is 0.507 e. The molecule has 3 aromatic carbocycles. The number of amides is 1. The molecule has 8 heteroatoms. The van der Waals surface area contributed by atoms with Crippen molar-refractivity contribution in [3.8, 4) is 11.5 Å². The van der Waals surface area contributed by atoms with E-state index in [1.807, 2.05) is 52.8 Å². The van der Waals surface area contributed by atoms with Crippen LogP contribution >= 0.6 is 0 Å². The van der Waals surface area contributed by atoms with Gasteiger partial charge in [0.25, 0.3) is 5.78 Å². The molecular weight excluding hydrogens is 494 g/mol. The lowest BCUT2D eigenvalue weighted by molar-refractivity contribution is -0.132. The van der Waals surface area contributed by atoms with Gasteiger partial charge in [-0.1, -0.05) is 18.2 Å². The van der Waals surface area contributed by atoms with Gasteiger partial charge in [0.05, 0.1) is 35.9 Å². The van der Waals surface area contributed by atoms with Crippen molar-refractivity contribution in [3.05, 3.63) is 88.0 Å². The number of aliphatic hydroxyl groups is 1. The molecule has 39 heavy (non-hydrogen) atoms. The first-order chi connectivity index (χ1) is 18.6. The van der Waals surface area contributed by atoms with Gasteiger partial charge in [0.15, 0.2) is 0 Å². The summed E-state index contributed by atoms with van der Waals surface area (Å²) in [5, 5.41) is 11.6. The number of Topliss-reactive ketones (excluding diaryl/α,β-unsaturated/α-hetero) is 1. The van der Waals surface area contributed by atoms with Crippen LogP contribution in [0, 0.1) is 20.8 Å². The van der Waals surface area contributed by atoms with Crippen LogP contribution in [-0.4, -0.2) is 40.0 Å². The summed E-state index contributed by atoms with van der Waals surface area (Å²) in [6, 6.07) is 15.5. The quantitative estimate of drug-likeness (QED) is 0.184. The second-order valence-corrected chi connectivity index (χ2v) is 10.1. The number of ketones is 1. The van der Waals surface area contributed by atoms with Gasteiger partial charge in [-0.2, -0.15) is 0 Å². The molecule has 2 heterocycles. The summed E-state index contributed by atoms with van der Waals surface area (Å²) >= 11 is 0. The Hall–Kier alpha value is -4.59. The average molecular weight is 526 g/mol. The topological polar surface area (TPSA) is 105 Å². The third-order valence-electron chi connectivity index (χ3n) is 6.86. The molecule has 1 fully saturated rings. The number of aromatic nitrogens is 2. The number of ether oxygens (including phenoxy) is 2. The molecule has 0 bridgehead atoms. The van der Waals surface area contributed by atoms with Gasteiger partial charge in [-0.3, -0.25) is 14.5 Å². The van der Waals surface area contributed by atoms with Gasteiger partial charge in [-0.15, -0.1) is 0 Å². The number of nitrogens with zero attached hydrogens (tertiary/aromatic N) is 2. The predicted molar refractivity (Wildman–Crippen MR) is 150 cm³/mol. The van der Waals surface area contributed by atoms with E-state index in [4.69, 9.17) is 9.47 Å². The number of methoxy groups -OCH3 is 1. The Morgan fingerprint density at radius 1 is 1.00 bits per heavy atom. The van der Waals surface area contributed by atoms with Gasteiger partial charge in [0.2, 0.25) is 5.95 Å². The highest BCUT2D eigenvalue weighted by Gasteiger charge is 2.48. The first-order valence-electron chi connectivity index (χ1n) is 12.8. The van der Waals surface area contributed by atoms with Gasteiger partial charge < -0.3 is 19.6 Å². The second-order valence-electron chi connectivity index (χ2n) is 10.1. The lowest BCUT2D eigenvalue weighted by Gasteiger charge is -2.23. The third-order valence-corrected chi connectivity index (χ3v) is 6.86. The number of anilines is 1. The number of carbonyl (C=O) groups is 2. The molecule has 1 saturated heterocycles. The van der Waals surface area contributed by atoms with Crippen molar-refractivity contribution in [2.45, 2.75) is 46.8 Å². The second kappa shape index (κ2) is 9.94. The summed E-state index contributed by atoms with van der Waals surface area (Å²) in [5.41, 5.74) is 5.01. The summed E-state index contributed by atoms with van der Waals surface area (Å²) in [6.45, 7) is 9.51. The van der Waals surface area contributed by atoms with Crippen LogP contribution in [0.25, 0.3) is 16.8 Å². The van der Waals surface area contributed by atoms with E-state index in [0.717, 1.165) is 16.6 Å². The molecule has 0 spiro atoms. The summed E-state index contributed by atoms with van der Waals surface area (Å²) in [4.78, 5) is 36.3. The number of aliphatic hydroxyl groups excluding tert-OH is 1. The molecule has 4 aromatic rings. The number of carbonyl (C=O) groups excluding carboxylic acids is 2. The summed E-state index contributed by atoms with van der Waals surface area (Å²) in [6.07, 6.45) is -0.0122. The number of rotatable bonds is 6. The van der Waals surface area contributed by atoms with Crippen LogP contribution in [-0.2, 0) is 9.59 Å². The smallest absolute Gasteiger partial charge is 0.302 e. The van der Waals surface area contributed by atoms with Gasteiger partial charge in [-0.25, -0.2) is 4.98 Å². The van der Waals surface area contributed by atoms with Crippen molar-refractivity contribution in [1.29, 1.82) is 0 Å². The normalized spacial score (nSPS) is 16.9. The number of aromatic amines is 1. The highest BCUT2D eigenvalue weighted by atomic mass is 16.5. The Labute approximate surface area is 226 Å². The molecule has 5 rings (SSSR count). The first-order valence-corrected chi connectivity index (χ1v) is 12.8. The maximum Gasteiger partial charge on any atom is 0.302 e. The lowest BCUT2D eigenvalue weighted by Crippen LogP contribution is -2.30. The summed E-state index contributed by atoms with van der Waals surface area (Å²) < 4.78 is 11.2. The Balaban J connectivity index is 1.71. The minimum atomic E-state index is -0.915. The van der Waals surface area contributed by atoms with Crippen LogP contribution in [0.2, 0.25) is 0 Å². The minimum Gasteiger partial charge on any atom is -0.507 e. The van der Waals surface area contributed by atoms with E-state index in [2.05, 4.69) is 9.97 Å². The fourth-order valence-electron chi connectivity index (χ4n) is 5.00. The number of hydrogen-bond acceptors (Lipinski definition) is 6. The Morgan fingerprint density at radius 2 is 1.72 bits per heavy atom. The van der Waals surface area contributed by atoms with Crippen molar-refractivity contribution in [2.24, 2.45) is 0 Å². The standard InChI is InChI=1S/C31H31N3O5/c1-16(2)39-21-10-8-20(9-11-21)27-26(28(35)22-14-19(5)25(38-6)15-18(22)4)29(36)30(37)34(27)31-32-23-12-7-17(3)13-24(23)33-31/h7-16,27,35H,1-6H3,(H,32,33)/b28-26+. The molecule has 1 aliphatic rings. The Bertz CT molecular complexity index is 1630. The van der Waals surface area contributed by atoms with E-state index in [9.17, 15) is 14.7 Å². The molecule has 2 N–H and O–H groups in total. The maximum atomic E-state index is 13.6. The van der Waals surface area contributed by atoms with E-state index in [1.54, 1.807) is 43.5 Å². The van der Waals surface area contributed by atoms with Crippen LogP contribution in [0.3, 0.4) is 0 Å². The molecule has 1 aliphatic heterocycles. The van der Waals surface area contributed by atoms with Crippen molar-refractivity contribution in [2.75, 3.05) is 12.0 Å². The maximum absolute atomic E-state index is 13.6. The molecule has 1 aromatic heterocycles. The van der Waals surface area contributed by atoms with Crippen LogP contribution in [0.1, 0.15) is 47.7 Å².